The van der Waals surface area contributed by atoms with Gasteiger partial charge in [0.15, 0.2) is 11.5 Å². The molecule has 3 aromatic carbocycles. The SMILES string of the molecule is Cc1ccc(Oc2ccc3nc(NC(=O)C4CC4)cn3n2)cc1NC(=O)c1cccc(OCc2ccccc2)c1. The van der Waals surface area contributed by atoms with Crippen molar-refractivity contribution in [3.05, 3.63) is 108 Å². The molecule has 1 fully saturated rings. The summed E-state index contributed by atoms with van der Waals surface area (Å²) in [6.07, 6.45) is 3.49. The normalized spacial score (nSPS) is 12.6. The number of benzene rings is 3. The third-order valence-electron chi connectivity index (χ3n) is 6.52. The van der Waals surface area contributed by atoms with Crippen LogP contribution in [-0.2, 0) is 11.4 Å². The average molecular weight is 534 g/mol. The van der Waals surface area contributed by atoms with Crippen LogP contribution in [0.1, 0.15) is 34.3 Å². The van der Waals surface area contributed by atoms with Crippen molar-refractivity contribution in [2.75, 3.05) is 10.6 Å². The summed E-state index contributed by atoms with van der Waals surface area (Å²) < 4.78 is 13.4. The number of aromatic nitrogens is 3. The van der Waals surface area contributed by atoms with Crippen molar-refractivity contribution >= 4 is 29.0 Å². The first-order valence-electron chi connectivity index (χ1n) is 13.0. The van der Waals surface area contributed by atoms with Gasteiger partial charge in [-0.1, -0.05) is 42.5 Å². The molecule has 1 aliphatic rings. The first-order chi connectivity index (χ1) is 19.5. The number of amides is 2. The van der Waals surface area contributed by atoms with Gasteiger partial charge in [0.05, 0.1) is 6.20 Å². The Labute approximate surface area is 230 Å². The van der Waals surface area contributed by atoms with Crippen LogP contribution in [-0.4, -0.2) is 26.4 Å². The first-order valence-corrected chi connectivity index (χ1v) is 13.0. The molecule has 0 unspecified atom stereocenters. The predicted molar refractivity (Wildman–Crippen MR) is 151 cm³/mol. The van der Waals surface area contributed by atoms with Crippen molar-refractivity contribution in [3.8, 4) is 17.4 Å². The number of aryl methyl sites for hydroxylation is 1. The Morgan fingerprint density at radius 3 is 2.60 bits per heavy atom. The summed E-state index contributed by atoms with van der Waals surface area (Å²) in [4.78, 5) is 29.5. The molecule has 2 amide bonds. The maximum Gasteiger partial charge on any atom is 0.255 e. The fourth-order valence-electron chi connectivity index (χ4n) is 4.14. The van der Waals surface area contributed by atoms with Crippen LogP contribution in [0.4, 0.5) is 11.5 Å². The second-order valence-corrected chi connectivity index (χ2v) is 9.70. The molecular weight excluding hydrogens is 506 g/mol. The van der Waals surface area contributed by atoms with Crippen LogP contribution >= 0.6 is 0 Å². The highest BCUT2D eigenvalue weighted by atomic mass is 16.5. The molecule has 2 aromatic heterocycles. The van der Waals surface area contributed by atoms with Crippen molar-refractivity contribution in [3.63, 3.8) is 0 Å². The molecule has 6 rings (SSSR count). The summed E-state index contributed by atoms with van der Waals surface area (Å²) in [6.45, 7) is 2.33. The minimum atomic E-state index is -0.260. The number of fused-ring (bicyclic) bond motifs is 1. The van der Waals surface area contributed by atoms with E-state index >= 15 is 0 Å². The number of imidazole rings is 1. The number of carbonyl (C=O) groups excluding carboxylic acids is 2. The zero-order chi connectivity index (χ0) is 27.5. The predicted octanol–water partition coefficient (Wildman–Crippen LogP) is 6.01. The molecular formula is C31H27N5O4. The molecule has 9 nitrogen and oxygen atoms in total. The van der Waals surface area contributed by atoms with Crippen LogP contribution in [0, 0.1) is 12.8 Å². The summed E-state index contributed by atoms with van der Waals surface area (Å²) in [6, 6.07) is 25.8. The second-order valence-electron chi connectivity index (χ2n) is 9.70. The van der Waals surface area contributed by atoms with E-state index in [2.05, 4.69) is 20.7 Å². The lowest BCUT2D eigenvalue weighted by Gasteiger charge is -2.12. The van der Waals surface area contributed by atoms with Gasteiger partial charge < -0.3 is 20.1 Å². The summed E-state index contributed by atoms with van der Waals surface area (Å²) in [5.74, 6) is 1.73. The van der Waals surface area contributed by atoms with E-state index in [4.69, 9.17) is 9.47 Å². The number of rotatable bonds is 9. The van der Waals surface area contributed by atoms with Crippen molar-refractivity contribution in [1.29, 1.82) is 0 Å². The first kappa shape index (κ1) is 25.1. The van der Waals surface area contributed by atoms with E-state index in [0.29, 0.717) is 46.7 Å². The molecule has 9 heteroatoms. The maximum atomic E-state index is 13.1. The second kappa shape index (κ2) is 10.9. The number of nitrogens with one attached hydrogen (secondary N) is 2. The van der Waals surface area contributed by atoms with Crippen molar-refractivity contribution in [2.45, 2.75) is 26.4 Å². The van der Waals surface area contributed by atoms with E-state index in [1.807, 2.05) is 55.5 Å². The quantitative estimate of drug-likeness (QED) is 0.240. The summed E-state index contributed by atoms with van der Waals surface area (Å²) in [5.41, 5.74) is 3.61. The van der Waals surface area contributed by atoms with E-state index in [1.165, 1.54) is 0 Å². The molecule has 0 bridgehead atoms. The van der Waals surface area contributed by atoms with Crippen molar-refractivity contribution in [2.24, 2.45) is 5.92 Å². The van der Waals surface area contributed by atoms with Crippen LogP contribution in [0.5, 0.6) is 17.4 Å². The van der Waals surface area contributed by atoms with Crippen LogP contribution < -0.4 is 20.1 Å². The molecule has 0 spiro atoms. The monoisotopic (exact) mass is 533 g/mol. The zero-order valence-corrected chi connectivity index (χ0v) is 21.8. The van der Waals surface area contributed by atoms with Crippen LogP contribution in [0.3, 0.4) is 0 Å². The van der Waals surface area contributed by atoms with Crippen LogP contribution in [0.2, 0.25) is 0 Å². The maximum absolute atomic E-state index is 13.1. The largest absolute Gasteiger partial charge is 0.489 e. The molecule has 1 saturated carbocycles. The van der Waals surface area contributed by atoms with Gasteiger partial charge in [-0.05, 0) is 61.2 Å². The van der Waals surface area contributed by atoms with Gasteiger partial charge in [-0.3, -0.25) is 9.59 Å². The lowest BCUT2D eigenvalue weighted by Crippen LogP contribution is -2.13. The molecule has 0 saturated heterocycles. The van der Waals surface area contributed by atoms with E-state index < -0.39 is 0 Å². The van der Waals surface area contributed by atoms with E-state index in [0.717, 1.165) is 24.0 Å². The number of ether oxygens (including phenoxy) is 2. The van der Waals surface area contributed by atoms with Crippen LogP contribution in [0.25, 0.3) is 5.65 Å². The number of anilines is 2. The fourth-order valence-corrected chi connectivity index (χ4v) is 4.14. The lowest BCUT2D eigenvalue weighted by molar-refractivity contribution is -0.117. The smallest absolute Gasteiger partial charge is 0.255 e. The molecule has 200 valence electrons. The van der Waals surface area contributed by atoms with Crippen molar-refractivity contribution in [1.82, 2.24) is 14.6 Å². The van der Waals surface area contributed by atoms with Gasteiger partial charge in [0.1, 0.15) is 18.1 Å². The average Bonchev–Trinajstić information content (AvgIpc) is 3.75. The highest BCUT2D eigenvalue weighted by Gasteiger charge is 2.30. The minimum absolute atomic E-state index is 0.0134. The number of hydrogen-bond acceptors (Lipinski definition) is 6. The summed E-state index contributed by atoms with van der Waals surface area (Å²) in [7, 11) is 0. The molecule has 2 N–H and O–H groups in total. The Morgan fingerprint density at radius 2 is 1.77 bits per heavy atom. The minimum Gasteiger partial charge on any atom is -0.489 e. The summed E-state index contributed by atoms with van der Waals surface area (Å²) >= 11 is 0. The topological polar surface area (TPSA) is 107 Å². The molecule has 2 heterocycles. The van der Waals surface area contributed by atoms with E-state index in [-0.39, 0.29) is 17.7 Å². The Morgan fingerprint density at radius 1 is 0.925 bits per heavy atom. The fraction of sp³-hybridized carbons (Fsp3) is 0.161. The van der Waals surface area contributed by atoms with Gasteiger partial charge in [-0.2, -0.15) is 0 Å². The highest BCUT2D eigenvalue weighted by molar-refractivity contribution is 6.05. The lowest BCUT2D eigenvalue weighted by atomic mass is 10.1. The third-order valence-corrected chi connectivity index (χ3v) is 6.52. The number of nitrogens with zero attached hydrogens (tertiary/aromatic N) is 3. The molecule has 1 aliphatic carbocycles. The molecule has 5 aromatic rings. The highest BCUT2D eigenvalue weighted by Crippen LogP contribution is 2.30. The van der Waals surface area contributed by atoms with E-state index in [1.54, 1.807) is 47.1 Å². The van der Waals surface area contributed by atoms with E-state index in [9.17, 15) is 9.59 Å². The van der Waals surface area contributed by atoms with Crippen molar-refractivity contribution < 1.29 is 19.1 Å². The van der Waals surface area contributed by atoms with Gasteiger partial charge >= 0.3 is 0 Å². The van der Waals surface area contributed by atoms with Gasteiger partial charge in [-0.25, -0.2) is 9.50 Å². The van der Waals surface area contributed by atoms with Gasteiger partial charge in [-0.15, -0.1) is 5.10 Å². The molecule has 0 atom stereocenters. The Balaban J connectivity index is 1.12. The third kappa shape index (κ3) is 5.94. The standard InChI is InChI=1S/C31H27N5O4/c1-20-10-13-25(40-29-15-14-28-33-27(18-36(28)35-29)34-30(37)22-11-12-22)17-26(20)32-31(38)23-8-5-9-24(16-23)39-19-21-6-3-2-4-7-21/h2-10,13-18,22H,11-12,19H2,1H3,(H,32,38)(H,34,37). The van der Waals surface area contributed by atoms with Crippen LogP contribution in [0.15, 0.2) is 91.1 Å². The Bertz CT molecular complexity index is 1700. The molecule has 0 radical (unpaired) electrons. The van der Waals surface area contributed by atoms with Gasteiger partial charge in [0.25, 0.3) is 5.91 Å². The van der Waals surface area contributed by atoms with Gasteiger partial charge in [0.2, 0.25) is 11.8 Å². The number of hydrogen-bond donors (Lipinski definition) is 2. The molecule has 40 heavy (non-hydrogen) atoms. The summed E-state index contributed by atoms with van der Waals surface area (Å²) in [5, 5.41) is 10.2. The Hall–Kier alpha value is -5.18. The zero-order valence-electron chi connectivity index (χ0n) is 21.8. The van der Waals surface area contributed by atoms with Gasteiger partial charge in [0, 0.05) is 29.3 Å². The Kier molecular flexibility index (Phi) is 6.84. The number of carbonyl (C=O) groups is 2. The molecule has 0 aliphatic heterocycles.